The minimum Gasteiger partial charge on any atom is -0.393 e. The smallest absolute Gasteiger partial charge is 0.0922 e. The van der Waals surface area contributed by atoms with Crippen LogP contribution in [0.15, 0.2) is 5.18 Å². The fraction of sp³-hybridized carbons (Fsp3) is 1.00. The van der Waals surface area contributed by atoms with E-state index in [-0.39, 0.29) is 17.6 Å². The fourth-order valence-electron chi connectivity index (χ4n) is 7.30. The van der Waals surface area contributed by atoms with Crippen molar-refractivity contribution in [2.75, 3.05) is 0 Å². The van der Waals surface area contributed by atoms with E-state index in [0.29, 0.717) is 11.3 Å². The molecule has 4 aliphatic rings. The van der Waals surface area contributed by atoms with Crippen LogP contribution in [-0.4, -0.2) is 17.3 Å². The molecule has 0 amide bonds. The molecular weight excluding hydrogens is 274 g/mol. The first kappa shape index (κ1) is 15.1. The van der Waals surface area contributed by atoms with E-state index in [4.69, 9.17) is 0 Å². The topological polar surface area (TPSA) is 49.7 Å². The van der Waals surface area contributed by atoms with Crippen LogP contribution in [0.3, 0.4) is 0 Å². The predicted molar refractivity (Wildman–Crippen MR) is 87.3 cm³/mol. The summed E-state index contributed by atoms with van der Waals surface area (Å²) in [6.07, 6.45) is 10.5. The lowest BCUT2D eigenvalue weighted by Crippen LogP contribution is -2.54. The standard InChI is InChI=1S/C19H31NO2/c1-18-9-7-13(20-22)11-12(18)3-4-14-15-5-6-17(21)19(15,2)10-8-16(14)18/h12-17,21H,3-11H2,1-2H3/t12-,13?,14-,15-,16-,17+,18-,19-/m0/s1. The molecule has 4 saturated carbocycles. The maximum atomic E-state index is 11.0. The molecule has 4 rings (SSSR count). The van der Waals surface area contributed by atoms with Crippen molar-refractivity contribution in [2.45, 2.75) is 83.8 Å². The number of nitroso groups, excluding NO2 is 1. The normalized spacial score (nSPS) is 57.6. The molecule has 8 atom stereocenters. The minimum atomic E-state index is -0.0704. The largest absolute Gasteiger partial charge is 0.393 e. The lowest BCUT2D eigenvalue weighted by molar-refractivity contribution is -0.122. The molecule has 0 bridgehead atoms. The average Bonchev–Trinajstić information content (AvgIpc) is 2.82. The van der Waals surface area contributed by atoms with Crippen molar-refractivity contribution >= 4 is 0 Å². The van der Waals surface area contributed by atoms with Crippen LogP contribution < -0.4 is 0 Å². The van der Waals surface area contributed by atoms with Gasteiger partial charge < -0.3 is 5.11 Å². The molecule has 0 aromatic carbocycles. The van der Waals surface area contributed by atoms with E-state index in [1.54, 1.807) is 0 Å². The molecule has 22 heavy (non-hydrogen) atoms. The molecule has 3 heteroatoms. The first-order valence-electron chi connectivity index (χ1n) is 9.49. The fourth-order valence-corrected chi connectivity index (χ4v) is 7.30. The van der Waals surface area contributed by atoms with E-state index in [1.807, 2.05) is 0 Å². The van der Waals surface area contributed by atoms with Gasteiger partial charge in [0.2, 0.25) is 0 Å². The average molecular weight is 305 g/mol. The molecule has 1 N–H and O–H groups in total. The molecule has 0 aromatic rings. The summed E-state index contributed by atoms with van der Waals surface area (Å²) in [5.74, 6) is 3.09. The minimum absolute atomic E-state index is 0.0704. The molecular formula is C19H31NO2. The van der Waals surface area contributed by atoms with E-state index in [1.165, 1.54) is 38.5 Å². The molecule has 0 spiro atoms. The lowest BCUT2D eigenvalue weighted by atomic mass is 9.45. The maximum absolute atomic E-state index is 11.0. The molecule has 0 saturated heterocycles. The van der Waals surface area contributed by atoms with Gasteiger partial charge in [0.1, 0.15) is 0 Å². The Morgan fingerprint density at radius 2 is 1.64 bits per heavy atom. The summed E-state index contributed by atoms with van der Waals surface area (Å²) in [5.41, 5.74) is 0.616. The van der Waals surface area contributed by atoms with Crippen molar-refractivity contribution in [1.29, 1.82) is 0 Å². The highest BCUT2D eigenvalue weighted by atomic mass is 16.3. The Hall–Kier alpha value is -0.440. The summed E-state index contributed by atoms with van der Waals surface area (Å²) in [4.78, 5) is 11.0. The maximum Gasteiger partial charge on any atom is 0.0922 e. The summed E-state index contributed by atoms with van der Waals surface area (Å²) >= 11 is 0. The Bertz CT molecular complexity index is 466. The third-order valence-electron chi connectivity index (χ3n) is 8.74. The van der Waals surface area contributed by atoms with Crippen molar-refractivity contribution < 1.29 is 5.11 Å². The number of rotatable bonds is 1. The van der Waals surface area contributed by atoms with Gasteiger partial charge in [-0.3, -0.25) is 0 Å². The Balaban J connectivity index is 1.60. The monoisotopic (exact) mass is 305 g/mol. The van der Waals surface area contributed by atoms with Crippen LogP contribution in [0.5, 0.6) is 0 Å². The number of aliphatic hydroxyl groups is 1. The van der Waals surface area contributed by atoms with E-state index in [2.05, 4.69) is 19.0 Å². The van der Waals surface area contributed by atoms with Gasteiger partial charge in [-0.05, 0) is 92.3 Å². The van der Waals surface area contributed by atoms with Crippen LogP contribution in [0.1, 0.15) is 71.6 Å². The first-order valence-corrected chi connectivity index (χ1v) is 9.49. The predicted octanol–water partition coefficient (Wildman–Crippen LogP) is 4.53. The van der Waals surface area contributed by atoms with Gasteiger partial charge in [-0.1, -0.05) is 19.0 Å². The van der Waals surface area contributed by atoms with E-state index in [9.17, 15) is 10.0 Å². The summed E-state index contributed by atoms with van der Waals surface area (Å²) < 4.78 is 0. The summed E-state index contributed by atoms with van der Waals surface area (Å²) in [5, 5.41) is 13.9. The van der Waals surface area contributed by atoms with Gasteiger partial charge in [-0.25, -0.2) is 0 Å². The van der Waals surface area contributed by atoms with Gasteiger partial charge in [0.15, 0.2) is 0 Å². The Kier molecular flexibility index (Phi) is 3.45. The number of aliphatic hydroxyl groups excluding tert-OH is 1. The molecule has 4 aliphatic carbocycles. The number of hydrogen-bond acceptors (Lipinski definition) is 3. The zero-order valence-electron chi connectivity index (χ0n) is 14.1. The highest BCUT2D eigenvalue weighted by molar-refractivity contribution is 5.09. The lowest BCUT2D eigenvalue weighted by Gasteiger charge is -2.60. The van der Waals surface area contributed by atoms with Crippen molar-refractivity contribution in [2.24, 2.45) is 39.7 Å². The van der Waals surface area contributed by atoms with Gasteiger partial charge in [0.05, 0.1) is 12.1 Å². The van der Waals surface area contributed by atoms with Crippen LogP contribution in [0.25, 0.3) is 0 Å². The van der Waals surface area contributed by atoms with E-state index < -0.39 is 0 Å². The molecule has 0 radical (unpaired) electrons. The SMILES string of the molecule is C[C@]12CCC(N=O)C[C@@H]1CC[C@@H]1[C@@H]2CC[C@]2(C)[C@H](O)CC[C@@H]12. The van der Waals surface area contributed by atoms with Crippen molar-refractivity contribution in [3.63, 3.8) is 0 Å². The van der Waals surface area contributed by atoms with Crippen molar-refractivity contribution in [1.82, 2.24) is 0 Å². The molecule has 0 aromatic heterocycles. The Labute approximate surface area is 134 Å². The summed E-state index contributed by atoms with van der Waals surface area (Å²) in [6, 6.07) is 0.0804. The quantitative estimate of drug-likeness (QED) is 0.724. The van der Waals surface area contributed by atoms with E-state index in [0.717, 1.165) is 37.0 Å². The molecule has 0 heterocycles. The van der Waals surface area contributed by atoms with Crippen molar-refractivity contribution in [3.05, 3.63) is 4.91 Å². The highest BCUT2D eigenvalue weighted by Crippen LogP contribution is 2.66. The second kappa shape index (κ2) is 5.03. The van der Waals surface area contributed by atoms with Gasteiger partial charge in [0, 0.05) is 0 Å². The first-order chi connectivity index (χ1) is 10.5. The molecule has 0 aliphatic heterocycles. The van der Waals surface area contributed by atoms with Gasteiger partial charge in [0.25, 0.3) is 0 Å². The Morgan fingerprint density at radius 3 is 2.41 bits per heavy atom. The van der Waals surface area contributed by atoms with E-state index >= 15 is 0 Å². The summed E-state index contributed by atoms with van der Waals surface area (Å²) in [7, 11) is 0. The van der Waals surface area contributed by atoms with Gasteiger partial charge >= 0.3 is 0 Å². The van der Waals surface area contributed by atoms with Crippen LogP contribution >= 0.6 is 0 Å². The van der Waals surface area contributed by atoms with Crippen molar-refractivity contribution in [3.8, 4) is 0 Å². The van der Waals surface area contributed by atoms with Crippen LogP contribution in [0.2, 0.25) is 0 Å². The Morgan fingerprint density at radius 1 is 0.909 bits per heavy atom. The number of nitrogens with zero attached hydrogens (tertiary/aromatic N) is 1. The van der Waals surface area contributed by atoms with Gasteiger partial charge in [-0.15, -0.1) is 0 Å². The molecule has 3 nitrogen and oxygen atoms in total. The highest BCUT2D eigenvalue weighted by Gasteiger charge is 2.60. The third kappa shape index (κ3) is 1.90. The summed E-state index contributed by atoms with van der Waals surface area (Å²) in [6.45, 7) is 4.87. The molecule has 1 unspecified atom stereocenters. The number of fused-ring (bicyclic) bond motifs is 5. The second-order valence-electron chi connectivity index (χ2n) is 9.33. The zero-order valence-corrected chi connectivity index (χ0v) is 14.1. The molecule has 124 valence electrons. The third-order valence-corrected chi connectivity index (χ3v) is 8.74. The second-order valence-corrected chi connectivity index (χ2v) is 9.33. The van der Waals surface area contributed by atoms with Crippen LogP contribution in [0.4, 0.5) is 0 Å². The van der Waals surface area contributed by atoms with Gasteiger partial charge in [-0.2, -0.15) is 4.91 Å². The molecule has 4 fully saturated rings. The van der Waals surface area contributed by atoms with Crippen LogP contribution in [-0.2, 0) is 0 Å². The number of hydrogen-bond donors (Lipinski definition) is 1. The zero-order chi connectivity index (χ0) is 15.5. The van der Waals surface area contributed by atoms with Crippen LogP contribution in [0, 0.1) is 39.4 Å².